The number of rotatable bonds is 7. The molecule has 15 heavy (non-hydrogen) atoms. The predicted octanol–water partition coefficient (Wildman–Crippen LogP) is 2.13. The minimum Gasteiger partial charge on any atom is -0.383 e. The van der Waals surface area contributed by atoms with E-state index in [-0.39, 0.29) is 17.2 Å². The monoisotopic (exact) mass is 235 g/mol. The van der Waals surface area contributed by atoms with Crippen LogP contribution in [0.3, 0.4) is 0 Å². The van der Waals surface area contributed by atoms with Crippen molar-refractivity contribution in [1.29, 1.82) is 0 Å². The number of nitrogens with zero attached hydrogens (tertiary/aromatic N) is 1. The standard InChI is InChI=1S/C11H22ClNO2/c1-5-9(6-2)11(14)13(3)7-10(12)8-15-4/h9-10H,5-8H2,1-4H3. The summed E-state index contributed by atoms with van der Waals surface area (Å²) >= 11 is 5.99. The van der Waals surface area contributed by atoms with Crippen LogP contribution in [-0.4, -0.2) is 43.5 Å². The largest absolute Gasteiger partial charge is 0.383 e. The Kier molecular flexibility index (Phi) is 7.79. The van der Waals surface area contributed by atoms with Gasteiger partial charge in [0.2, 0.25) is 5.91 Å². The highest BCUT2D eigenvalue weighted by Crippen LogP contribution is 2.12. The van der Waals surface area contributed by atoms with Crippen LogP contribution in [0.2, 0.25) is 0 Å². The molecule has 0 fully saturated rings. The molecular formula is C11H22ClNO2. The molecule has 0 aromatic carbocycles. The third-order valence-electron chi connectivity index (χ3n) is 2.53. The van der Waals surface area contributed by atoms with Crippen molar-refractivity contribution in [3.63, 3.8) is 0 Å². The average molecular weight is 236 g/mol. The first-order valence-electron chi connectivity index (χ1n) is 5.44. The van der Waals surface area contributed by atoms with E-state index < -0.39 is 0 Å². The first-order chi connectivity index (χ1) is 7.06. The van der Waals surface area contributed by atoms with Crippen molar-refractivity contribution in [2.45, 2.75) is 32.1 Å². The van der Waals surface area contributed by atoms with E-state index in [1.165, 1.54) is 0 Å². The van der Waals surface area contributed by atoms with Gasteiger partial charge >= 0.3 is 0 Å². The Balaban J connectivity index is 4.07. The van der Waals surface area contributed by atoms with Gasteiger partial charge in [0.25, 0.3) is 0 Å². The molecule has 1 atom stereocenters. The molecule has 3 nitrogen and oxygen atoms in total. The first kappa shape index (κ1) is 14.7. The summed E-state index contributed by atoms with van der Waals surface area (Å²) in [6.45, 7) is 5.09. The van der Waals surface area contributed by atoms with Gasteiger partial charge in [-0.25, -0.2) is 0 Å². The van der Waals surface area contributed by atoms with Gasteiger partial charge in [-0.1, -0.05) is 13.8 Å². The number of carbonyl (C=O) groups excluding carboxylic acids is 1. The Hall–Kier alpha value is -0.280. The number of ether oxygens (including phenoxy) is 1. The summed E-state index contributed by atoms with van der Waals surface area (Å²) in [5.41, 5.74) is 0. The van der Waals surface area contributed by atoms with E-state index in [0.717, 1.165) is 12.8 Å². The molecular weight excluding hydrogens is 214 g/mol. The first-order valence-corrected chi connectivity index (χ1v) is 5.88. The van der Waals surface area contributed by atoms with Crippen LogP contribution in [0, 0.1) is 5.92 Å². The van der Waals surface area contributed by atoms with Gasteiger partial charge in [0.1, 0.15) is 0 Å². The zero-order valence-corrected chi connectivity index (χ0v) is 10.9. The zero-order chi connectivity index (χ0) is 11.8. The van der Waals surface area contributed by atoms with E-state index in [9.17, 15) is 4.79 Å². The van der Waals surface area contributed by atoms with Crippen molar-refractivity contribution in [2.24, 2.45) is 5.92 Å². The molecule has 0 aromatic heterocycles. The van der Waals surface area contributed by atoms with Crippen LogP contribution in [0.15, 0.2) is 0 Å². The minimum absolute atomic E-state index is 0.126. The third kappa shape index (κ3) is 5.38. The second-order valence-corrected chi connectivity index (χ2v) is 4.40. The number of carbonyl (C=O) groups is 1. The maximum absolute atomic E-state index is 11.9. The molecule has 0 rings (SSSR count). The van der Waals surface area contributed by atoms with Gasteiger partial charge in [-0.3, -0.25) is 4.79 Å². The molecule has 0 aliphatic carbocycles. The Bertz CT molecular complexity index is 183. The average Bonchev–Trinajstić information content (AvgIpc) is 2.19. The molecule has 0 saturated carbocycles. The zero-order valence-electron chi connectivity index (χ0n) is 10.1. The van der Waals surface area contributed by atoms with E-state index in [1.807, 2.05) is 13.8 Å². The van der Waals surface area contributed by atoms with Gasteiger partial charge in [0, 0.05) is 26.6 Å². The van der Waals surface area contributed by atoms with Gasteiger partial charge < -0.3 is 9.64 Å². The molecule has 0 N–H and O–H groups in total. The number of halogens is 1. The Morgan fingerprint density at radius 1 is 1.40 bits per heavy atom. The minimum atomic E-state index is -0.127. The van der Waals surface area contributed by atoms with Crippen molar-refractivity contribution < 1.29 is 9.53 Å². The van der Waals surface area contributed by atoms with Gasteiger partial charge in [0.05, 0.1) is 12.0 Å². The number of hydrogen-bond donors (Lipinski definition) is 0. The Morgan fingerprint density at radius 3 is 2.33 bits per heavy atom. The highest BCUT2D eigenvalue weighted by molar-refractivity contribution is 6.21. The van der Waals surface area contributed by atoms with Crippen molar-refractivity contribution in [3.05, 3.63) is 0 Å². The summed E-state index contributed by atoms with van der Waals surface area (Å²) < 4.78 is 4.93. The lowest BCUT2D eigenvalue weighted by molar-refractivity contribution is -0.134. The summed E-state index contributed by atoms with van der Waals surface area (Å²) in [4.78, 5) is 13.6. The summed E-state index contributed by atoms with van der Waals surface area (Å²) in [6.07, 6.45) is 1.77. The molecule has 4 heteroatoms. The fourth-order valence-electron chi connectivity index (χ4n) is 1.57. The number of methoxy groups -OCH3 is 1. The van der Waals surface area contributed by atoms with Crippen LogP contribution in [0.25, 0.3) is 0 Å². The third-order valence-corrected chi connectivity index (χ3v) is 2.79. The normalized spacial score (nSPS) is 12.9. The van der Waals surface area contributed by atoms with E-state index in [0.29, 0.717) is 13.2 Å². The quantitative estimate of drug-likeness (QED) is 0.633. The molecule has 0 aliphatic rings. The maximum atomic E-state index is 11.9. The molecule has 1 unspecified atom stereocenters. The fourth-order valence-corrected chi connectivity index (χ4v) is 1.90. The van der Waals surface area contributed by atoms with Crippen molar-refractivity contribution in [1.82, 2.24) is 4.90 Å². The van der Waals surface area contributed by atoms with Crippen molar-refractivity contribution >= 4 is 17.5 Å². The molecule has 0 spiro atoms. The smallest absolute Gasteiger partial charge is 0.225 e. The lowest BCUT2D eigenvalue weighted by Crippen LogP contribution is -2.37. The highest BCUT2D eigenvalue weighted by atomic mass is 35.5. The van der Waals surface area contributed by atoms with Gasteiger partial charge in [0.15, 0.2) is 0 Å². The SMILES string of the molecule is CCC(CC)C(=O)N(C)CC(Cl)COC. The van der Waals surface area contributed by atoms with Gasteiger partial charge in [-0.15, -0.1) is 11.6 Å². The topological polar surface area (TPSA) is 29.5 Å². The molecule has 1 amide bonds. The van der Waals surface area contributed by atoms with Crippen LogP contribution in [-0.2, 0) is 9.53 Å². The van der Waals surface area contributed by atoms with Crippen LogP contribution in [0.5, 0.6) is 0 Å². The van der Waals surface area contributed by atoms with Crippen LogP contribution < -0.4 is 0 Å². The predicted molar refractivity (Wildman–Crippen MR) is 63.2 cm³/mol. The van der Waals surface area contributed by atoms with E-state index >= 15 is 0 Å². The maximum Gasteiger partial charge on any atom is 0.225 e. The van der Waals surface area contributed by atoms with Gasteiger partial charge in [-0.2, -0.15) is 0 Å². The molecule has 0 aromatic rings. The van der Waals surface area contributed by atoms with Crippen LogP contribution in [0.1, 0.15) is 26.7 Å². The van der Waals surface area contributed by atoms with Crippen molar-refractivity contribution in [3.8, 4) is 0 Å². The lowest BCUT2D eigenvalue weighted by Gasteiger charge is -2.24. The van der Waals surface area contributed by atoms with Crippen LogP contribution >= 0.6 is 11.6 Å². The molecule has 90 valence electrons. The van der Waals surface area contributed by atoms with E-state index in [2.05, 4.69) is 0 Å². The van der Waals surface area contributed by atoms with Crippen LogP contribution in [0.4, 0.5) is 0 Å². The molecule has 0 heterocycles. The van der Waals surface area contributed by atoms with Crippen molar-refractivity contribution in [2.75, 3.05) is 27.3 Å². The summed E-state index contributed by atoms with van der Waals surface area (Å²) in [6, 6.07) is 0. The Labute approximate surface area is 97.7 Å². The van der Waals surface area contributed by atoms with E-state index in [1.54, 1.807) is 19.1 Å². The second kappa shape index (κ2) is 7.94. The van der Waals surface area contributed by atoms with Gasteiger partial charge in [-0.05, 0) is 12.8 Å². The van der Waals surface area contributed by atoms with E-state index in [4.69, 9.17) is 16.3 Å². The highest BCUT2D eigenvalue weighted by Gasteiger charge is 2.20. The second-order valence-electron chi connectivity index (χ2n) is 3.78. The summed E-state index contributed by atoms with van der Waals surface area (Å²) in [5.74, 6) is 0.308. The number of amides is 1. The molecule has 0 bridgehead atoms. The lowest BCUT2D eigenvalue weighted by atomic mass is 10.0. The molecule has 0 saturated heterocycles. The summed E-state index contributed by atoms with van der Waals surface area (Å²) in [7, 11) is 3.41. The molecule has 0 radical (unpaired) electrons. The fraction of sp³-hybridized carbons (Fsp3) is 0.909. The Morgan fingerprint density at radius 2 is 1.93 bits per heavy atom. The molecule has 0 aliphatic heterocycles. The number of hydrogen-bond acceptors (Lipinski definition) is 2. The number of alkyl halides is 1. The summed E-state index contributed by atoms with van der Waals surface area (Å²) in [5, 5.41) is -0.127.